The molecule has 1 amide bonds. The molecule has 0 saturated carbocycles. The molecule has 0 radical (unpaired) electrons. The van der Waals surface area contributed by atoms with Crippen molar-refractivity contribution in [1.82, 2.24) is 9.97 Å². The molecule has 1 aromatic carbocycles. The Balaban J connectivity index is 2.46. The number of amides is 1. The summed E-state index contributed by atoms with van der Waals surface area (Å²) in [5.74, 6) is -0.191. The fraction of sp³-hybridized carbons (Fsp3) is 0.389. The minimum Gasteiger partial charge on any atom is -0.489 e. The Hall–Kier alpha value is -2.94. The first-order valence-corrected chi connectivity index (χ1v) is 8.57. The fourth-order valence-electron chi connectivity index (χ4n) is 2.44. The van der Waals surface area contributed by atoms with Crippen LogP contribution in [0.25, 0.3) is 0 Å². The van der Waals surface area contributed by atoms with Crippen molar-refractivity contribution in [3.05, 3.63) is 35.4 Å². The van der Waals surface area contributed by atoms with Gasteiger partial charge in [-0.05, 0) is 19.4 Å². The van der Waals surface area contributed by atoms with Crippen molar-refractivity contribution in [2.24, 2.45) is 11.5 Å². The second-order valence-electron chi connectivity index (χ2n) is 6.27. The normalized spacial score (nSPS) is 11.8. The lowest BCUT2D eigenvalue weighted by Crippen LogP contribution is -2.23. The minimum absolute atomic E-state index is 0.0143. The smallest absolute Gasteiger partial charge is 0.271 e. The Kier molecular flexibility index (Phi) is 6.51. The van der Waals surface area contributed by atoms with Crippen LogP contribution in [0.1, 0.15) is 30.0 Å². The minimum atomic E-state index is -0.727. The van der Waals surface area contributed by atoms with E-state index in [-0.39, 0.29) is 17.6 Å². The highest BCUT2D eigenvalue weighted by Gasteiger charge is 2.18. The van der Waals surface area contributed by atoms with Crippen LogP contribution in [0, 0.1) is 5.82 Å². The van der Waals surface area contributed by atoms with E-state index in [4.69, 9.17) is 16.2 Å². The van der Waals surface area contributed by atoms with Crippen LogP contribution in [-0.4, -0.2) is 42.6 Å². The van der Waals surface area contributed by atoms with Crippen molar-refractivity contribution >= 4 is 23.2 Å². The van der Waals surface area contributed by atoms with Gasteiger partial charge in [0.15, 0.2) is 17.3 Å². The average molecular weight is 376 g/mol. The maximum absolute atomic E-state index is 14.0. The highest BCUT2D eigenvalue weighted by atomic mass is 19.1. The van der Waals surface area contributed by atoms with Crippen molar-refractivity contribution in [1.29, 1.82) is 0 Å². The van der Waals surface area contributed by atoms with Gasteiger partial charge in [0.05, 0.1) is 5.69 Å². The zero-order valence-electron chi connectivity index (χ0n) is 15.9. The summed E-state index contributed by atoms with van der Waals surface area (Å²) >= 11 is 0. The third kappa shape index (κ3) is 5.04. The summed E-state index contributed by atoms with van der Waals surface area (Å²) < 4.78 is 19.5. The standard InChI is InChI=1S/C18H25FN6O2/c1-5-14-18(25(3)4)24-17(15(23-14)16(21)26)22-12-6-11(19)7-13(8-12)27-10(2)9-20/h6-8,10H,5,9,20H2,1-4H3,(H2,21,26)(H,22,24)/t10-/m1/s1. The molecule has 2 aromatic rings. The summed E-state index contributed by atoms with van der Waals surface area (Å²) in [5, 5.41) is 2.92. The van der Waals surface area contributed by atoms with Gasteiger partial charge in [0.2, 0.25) is 0 Å². The SMILES string of the molecule is CCc1nc(C(N)=O)c(Nc2cc(F)cc(O[C@H](C)CN)c2)nc1N(C)C. The molecule has 0 aliphatic carbocycles. The predicted molar refractivity (Wildman–Crippen MR) is 103 cm³/mol. The van der Waals surface area contributed by atoms with Crippen molar-refractivity contribution in [2.45, 2.75) is 26.4 Å². The first-order chi connectivity index (χ1) is 12.7. The van der Waals surface area contributed by atoms with Gasteiger partial charge in [-0.25, -0.2) is 14.4 Å². The van der Waals surface area contributed by atoms with E-state index < -0.39 is 11.7 Å². The van der Waals surface area contributed by atoms with Crippen LogP contribution >= 0.6 is 0 Å². The van der Waals surface area contributed by atoms with Gasteiger partial charge in [0, 0.05) is 38.5 Å². The monoisotopic (exact) mass is 376 g/mol. The number of anilines is 3. The van der Waals surface area contributed by atoms with Crippen LogP contribution in [0.2, 0.25) is 0 Å². The van der Waals surface area contributed by atoms with Crippen molar-refractivity contribution in [2.75, 3.05) is 30.9 Å². The Morgan fingerprint density at radius 1 is 1.33 bits per heavy atom. The molecule has 0 saturated heterocycles. The Bertz CT molecular complexity index is 828. The number of aromatic nitrogens is 2. The number of hydrogen-bond donors (Lipinski definition) is 3. The predicted octanol–water partition coefficient (Wildman–Crippen LogP) is 1.81. The molecule has 1 atom stereocenters. The highest BCUT2D eigenvalue weighted by Crippen LogP contribution is 2.27. The number of aryl methyl sites for hydroxylation is 1. The quantitative estimate of drug-likeness (QED) is 0.643. The van der Waals surface area contributed by atoms with Gasteiger partial charge in [-0.15, -0.1) is 0 Å². The molecule has 0 unspecified atom stereocenters. The molecule has 0 bridgehead atoms. The summed E-state index contributed by atoms with van der Waals surface area (Å²) in [5.41, 5.74) is 12.0. The molecular formula is C18H25FN6O2. The van der Waals surface area contributed by atoms with Gasteiger partial charge in [0.25, 0.3) is 5.91 Å². The number of carbonyl (C=O) groups is 1. The summed E-state index contributed by atoms with van der Waals surface area (Å²) in [7, 11) is 3.64. The molecule has 9 heteroatoms. The average Bonchev–Trinajstić information content (AvgIpc) is 2.60. The Morgan fingerprint density at radius 3 is 2.59 bits per heavy atom. The van der Waals surface area contributed by atoms with E-state index in [1.165, 1.54) is 12.1 Å². The van der Waals surface area contributed by atoms with E-state index in [0.717, 1.165) is 0 Å². The van der Waals surface area contributed by atoms with Crippen LogP contribution in [0.3, 0.4) is 0 Å². The number of nitrogens with one attached hydrogen (secondary N) is 1. The van der Waals surface area contributed by atoms with Crippen LogP contribution < -0.4 is 26.4 Å². The largest absolute Gasteiger partial charge is 0.489 e. The fourth-order valence-corrected chi connectivity index (χ4v) is 2.44. The number of nitrogens with two attached hydrogens (primary N) is 2. The van der Waals surface area contributed by atoms with E-state index in [1.807, 2.05) is 21.0 Å². The lowest BCUT2D eigenvalue weighted by molar-refractivity contribution is 0.0996. The second kappa shape index (κ2) is 8.63. The summed E-state index contributed by atoms with van der Waals surface area (Å²) in [6, 6.07) is 4.10. The molecule has 1 heterocycles. The molecule has 5 N–H and O–H groups in total. The molecule has 0 aliphatic rings. The highest BCUT2D eigenvalue weighted by molar-refractivity contribution is 5.96. The van der Waals surface area contributed by atoms with E-state index in [9.17, 15) is 9.18 Å². The number of hydrogen-bond acceptors (Lipinski definition) is 7. The van der Waals surface area contributed by atoms with E-state index >= 15 is 0 Å². The number of rotatable bonds is 8. The van der Waals surface area contributed by atoms with Gasteiger partial charge in [-0.1, -0.05) is 6.92 Å². The van der Waals surface area contributed by atoms with Crippen LogP contribution in [-0.2, 0) is 6.42 Å². The van der Waals surface area contributed by atoms with Crippen molar-refractivity contribution in [3.8, 4) is 5.75 Å². The number of benzene rings is 1. The Morgan fingerprint density at radius 2 is 2.04 bits per heavy atom. The summed E-state index contributed by atoms with van der Waals surface area (Å²) in [4.78, 5) is 22.4. The number of halogens is 1. The summed E-state index contributed by atoms with van der Waals surface area (Å²) in [6.45, 7) is 3.98. The lowest BCUT2D eigenvalue weighted by Gasteiger charge is -2.19. The number of carbonyl (C=O) groups excluding carboxylic acids is 1. The Labute approximate surface area is 157 Å². The zero-order chi connectivity index (χ0) is 20.1. The number of nitrogens with zero attached hydrogens (tertiary/aromatic N) is 3. The molecule has 8 nitrogen and oxygen atoms in total. The summed E-state index contributed by atoms with van der Waals surface area (Å²) in [6.07, 6.45) is 0.306. The maximum Gasteiger partial charge on any atom is 0.271 e. The van der Waals surface area contributed by atoms with Gasteiger partial charge in [-0.3, -0.25) is 4.79 Å². The van der Waals surface area contributed by atoms with E-state index in [0.29, 0.717) is 35.9 Å². The topological polar surface area (TPSA) is 119 Å². The molecule has 0 fully saturated rings. The molecule has 2 rings (SSSR count). The molecule has 1 aromatic heterocycles. The second-order valence-corrected chi connectivity index (χ2v) is 6.27. The lowest BCUT2D eigenvalue weighted by atomic mass is 10.2. The van der Waals surface area contributed by atoms with E-state index in [2.05, 4.69) is 15.3 Å². The molecule has 27 heavy (non-hydrogen) atoms. The maximum atomic E-state index is 14.0. The van der Waals surface area contributed by atoms with Crippen LogP contribution in [0.4, 0.5) is 21.7 Å². The van der Waals surface area contributed by atoms with Gasteiger partial charge in [0.1, 0.15) is 17.7 Å². The first kappa shape index (κ1) is 20.4. The van der Waals surface area contributed by atoms with E-state index in [1.54, 1.807) is 17.9 Å². The van der Waals surface area contributed by atoms with Gasteiger partial charge in [-0.2, -0.15) is 0 Å². The zero-order valence-corrected chi connectivity index (χ0v) is 15.9. The van der Waals surface area contributed by atoms with Crippen molar-refractivity contribution in [3.63, 3.8) is 0 Å². The number of ether oxygens (including phenoxy) is 1. The number of primary amides is 1. The third-order valence-corrected chi connectivity index (χ3v) is 3.74. The first-order valence-electron chi connectivity index (χ1n) is 8.57. The van der Waals surface area contributed by atoms with Gasteiger partial charge < -0.3 is 26.4 Å². The molecule has 146 valence electrons. The van der Waals surface area contributed by atoms with Gasteiger partial charge >= 0.3 is 0 Å². The molecule has 0 spiro atoms. The third-order valence-electron chi connectivity index (χ3n) is 3.74. The van der Waals surface area contributed by atoms with Crippen LogP contribution in [0.5, 0.6) is 5.75 Å². The van der Waals surface area contributed by atoms with Crippen LogP contribution in [0.15, 0.2) is 18.2 Å². The molecule has 0 aliphatic heterocycles. The molecular weight excluding hydrogens is 351 g/mol. The van der Waals surface area contributed by atoms with Crippen molar-refractivity contribution < 1.29 is 13.9 Å².